The highest BCUT2D eigenvalue weighted by Gasteiger charge is 2.15. The zero-order chi connectivity index (χ0) is 21.3. The van der Waals surface area contributed by atoms with Gasteiger partial charge >= 0.3 is 0 Å². The monoisotopic (exact) mass is 419 g/mol. The van der Waals surface area contributed by atoms with Crippen molar-refractivity contribution in [2.45, 2.75) is 64.0 Å². The average molecular weight is 420 g/mol. The van der Waals surface area contributed by atoms with Crippen LogP contribution in [0.3, 0.4) is 0 Å². The molecule has 3 aromatic rings. The van der Waals surface area contributed by atoms with Gasteiger partial charge < -0.3 is 14.5 Å². The molecular weight excluding hydrogens is 390 g/mol. The first-order chi connectivity index (χ1) is 15.3. The lowest BCUT2D eigenvalue weighted by atomic mass is 9.98. The first kappa shape index (κ1) is 21.1. The summed E-state index contributed by atoms with van der Waals surface area (Å²) in [5, 5.41) is 11.1. The standard InChI is InChI=1S/C25H29N3O3/c29-23(15-8-16-24-27-28-25(31-24)20-10-3-1-4-11-20)26-18-19-9-7-14-22(17-19)30-21-12-5-2-6-13-21/h1,3-4,7,9-11,14,17,21H,2,5-6,8,12-13,15-16,18H2,(H,26,29). The average Bonchev–Trinajstić information content (AvgIpc) is 3.28. The van der Waals surface area contributed by atoms with Crippen molar-refractivity contribution < 1.29 is 13.9 Å². The third-order valence-corrected chi connectivity index (χ3v) is 5.53. The predicted octanol–water partition coefficient (Wildman–Crippen LogP) is 5.09. The summed E-state index contributed by atoms with van der Waals surface area (Å²) in [5.41, 5.74) is 1.94. The van der Waals surface area contributed by atoms with E-state index in [1.807, 2.05) is 54.6 Å². The van der Waals surface area contributed by atoms with Crippen LogP contribution in [-0.2, 0) is 17.8 Å². The van der Waals surface area contributed by atoms with Crippen LogP contribution in [0.2, 0.25) is 0 Å². The van der Waals surface area contributed by atoms with Gasteiger partial charge in [-0.2, -0.15) is 0 Å². The third kappa shape index (κ3) is 6.41. The Labute approximate surface area is 183 Å². The third-order valence-electron chi connectivity index (χ3n) is 5.53. The molecule has 0 unspecified atom stereocenters. The van der Waals surface area contributed by atoms with E-state index in [1.54, 1.807) is 0 Å². The van der Waals surface area contributed by atoms with Gasteiger partial charge in [0.15, 0.2) is 0 Å². The molecule has 1 saturated carbocycles. The summed E-state index contributed by atoms with van der Waals surface area (Å²) < 4.78 is 11.8. The number of carbonyl (C=O) groups is 1. The Hall–Kier alpha value is -3.15. The summed E-state index contributed by atoms with van der Waals surface area (Å²) in [6, 6.07) is 17.7. The van der Waals surface area contributed by atoms with Crippen molar-refractivity contribution in [3.8, 4) is 17.2 Å². The van der Waals surface area contributed by atoms with Gasteiger partial charge in [0.05, 0.1) is 6.10 Å². The summed E-state index contributed by atoms with van der Waals surface area (Å²) in [4.78, 5) is 12.2. The molecule has 0 atom stereocenters. The van der Waals surface area contributed by atoms with Crippen LogP contribution in [0.25, 0.3) is 11.5 Å². The maximum absolute atomic E-state index is 12.2. The number of rotatable bonds is 9. The molecule has 1 aromatic heterocycles. The minimum atomic E-state index is 0.0152. The molecule has 1 heterocycles. The molecule has 31 heavy (non-hydrogen) atoms. The van der Waals surface area contributed by atoms with E-state index in [2.05, 4.69) is 15.5 Å². The maximum atomic E-state index is 12.2. The topological polar surface area (TPSA) is 77.2 Å². The molecule has 162 valence electrons. The van der Waals surface area contributed by atoms with Gasteiger partial charge in [-0.1, -0.05) is 36.8 Å². The van der Waals surface area contributed by atoms with Gasteiger partial charge in [0.1, 0.15) is 5.75 Å². The molecule has 0 bridgehead atoms. The number of carbonyl (C=O) groups excluding carboxylic acids is 1. The largest absolute Gasteiger partial charge is 0.490 e. The fourth-order valence-electron chi connectivity index (χ4n) is 3.85. The van der Waals surface area contributed by atoms with Gasteiger partial charge in [-0.25, -0.2) is 0 Å². The summed E-state index contributed by atoms with van der Waals surface area (Å²) in [6.07, 6.45) is 8.06. The van der Waals surface area contributed by atoms with E-state index >= 15 is 0 Å². The second-order valence-corrected chi connectivity index (χ2v) is 8.02. The van der Waals surface area contributed by atoms with E-state index < -0.39 is 0 Å². The second kappa shape index (κ2) is 10.8. The van der Waals surface area contributed by atoms with Crippen molar-refractivity contribution >= 4 is 5.91 Å². The maximum Gasteiger partial charge on any atom is 0.247 e. The Morgan fingerprint density at radius 1 is 1.03 bits per heavy atom. The summed E-state index contributed by atoms with van der Waals surface area (Å²) in [7, 11) is 0. The van der Waals surface area contributed by atoms with Crippen LogP contribution in [0.5, 0.6) is 5.75 Å². The molecule has 0 spiro atoms. The fourth-order valence-corrected chi connectivity index (χ4v) is 3.85. The molecule has 1 aliphatic rings. The fraction of sp³-hybridized carbons (Fsp3) is 0.400. The number of nitrogens with zero attached hydrogens (tertiary/aromatic N) is 2. The van der Waals surface area contributed by atoms with Crippen molar-refractivity contribution in [2.24, 2.45) is 0 Å². The minimum absolute atomic E-state index is 0.0152. The predicted molar refractivity (Wildman–Crippen MR) is 118 cm³/mol. The molecule has 0 saturated heterocycles. The van der Waals surface area contributed by atoms with Crippen molar-refractivity contribution in [3.05, 3.63) is 66.1 Å². The second-order valence-electron chi connectivity index (χ2n) is 8.02. The molecule has 0 radical (unpaired) electrons. The van der Waals surface area contributed by atoms with Gasteiger partial charge in [0.25, 0.3) is 0 Å². The molecule has 1 N–H and O–H groups in total. The highest BCUT2D eigenvalue weighted by atomic mass is 16.5. The molecule has 1 fully saturated rings. The summed E-state index contributed by atoms with van der Waals surface area (Å²) in [5.74, 6) is 1.97. The smallest absolute Gasteiger partial charge is 0.247 e. The van der Waals surface area contributed by atoms with Crippen LogP contribution < -0.4 is 10.1 Å². The van der Waals surface area contributed by atoms with Crippen LogP contribution in [0.4, 0.5) is 0 Å². The quantitative estimate of drug-likeness (QED) is 0.523. The molecule has 4 rings (SSSR count). The Morgan fingerprint density at radius 2 is 1.87 bits per heavy atom. The molecule has 1 aliphatic carbocycles. The van der Waals surface area contributed by atoms with Gasteiger partial charge in [0, 0.05) is 24.9 Å². The lowest BCUT2D eigenvalue weighted by molar-refractivity contribution is -0.121. The number of benzene rings is 2. The Morgan fingerprint density at radius 3 is 2.71 bits per heavy atom. The van der Waals surface area contributed by atoms with E-state index in [4.69, 9.17) is 9.15 Å². The molecular formula is C25H29N3O3. The summed E-state index contributed by atoms with van der Waals surface area (Å²) >= 11 is 0. The molecule has 2 aromatic carbocycles. The first-order valence-corrected chi connectivity index (χ1v) is 11.2. The van der Waals surface area contributed by atoms with Gasteiger partial charge in [-0.15, -0.1) is 10.2 Å². The van der Waals surface area contributed by atoms with Crippen LogP contribution in [0.1, 0.15) is 56.4 Å². The Balaban J connectivity index is 1.18. The minimum Gasteiger partial charge on any atom is -0.490 e. The highest BCUT2D eigenvalue weighted by molar-refractivity contribution is 5.75. The van der Waals surface area contributed by atoms with E-state index in [9.17, 15) is 4.79 Å². The number of ether oxygens (including phenoxy) is 1. The van der Waals surface area contributed by atoms with Gasteiger partial charge in [-0.05, 0) is 61.9 Å². The molecule has 6 heteroatoms. The van der Waals surface area contributed by atoms with Crippen molar-refractivity contribution in [2.75, 3.05) is 0 Å². The van der Waals surface area contributed by atoms with Gasteiger partial charge in [0.2, 0.25) is 17.7 Å². The van der Waals surface area contributed by atoms with Crippen LogP contribution in [-0.4, -0.2) is 22.2 Å². The van der Waals surface area contributed by atoms with E-state index in [0.717, 1.165) is 29.7 Å². The van der Waals surface area contributed by atoms with E-state index in [0.29, 0.717) is 43.7 Å². The SMILES string of the molecule is O=C(CCCc1nnc(-c2ccccc2)o1)NCc1cccc(OC2CCCCC2)c1. The number of amides is 1. The normalized spacial score (nSPS) is 14.3. The lowest BCUT2D eigenvalue weighted by Crippen LogP contribution is -2.23. The summed E-state index contributed by atoms with van der Waals surface area (Å²) in [6.45, 7) is 0.499. The first-order valence-electron chi connectivity index (χ1n) is 11.2. The van der Waals surface area contributed by atoms with E-state index in [1.165, 1.54) is 19.3 Å². The van der Waals surface area contributed by atoms with Crippen LogP contribution in [0, 0.1) is 0 Å². The zero-order valence-corrected chi connectivity index (χ0v) is 17.8. The van der Waals surface area contributed by atoms with Gasteiger partial charge in [-0.3, -0.25) is 4.79 Å². The zero-order valence-electron chi connectivity index (χ0n) is 17.8. The van der Waals surface area contributed by atoms with Crippen molar-refractivity contribution in [1.82, 2.24) is 15.5 Å². The molecule has 1 amide bonds. The van der Waals surface area contributed by atoms with Crippen LogP contribution in [0.15, 0.2) is 59.0 Å². The Kier molecular flexibility index (Phi) is 7.32. The number of nitrogens with one attached hydrogen (secondary N) is 1. The molecule has 6 nitrogen and oxygen atoms in total. The van der Waals surface area contributed by atoms with Crippen molar-refractivity contribution in [3.63, 3.8) is 0 Å². The van der Waals surface area contributed by atoms with Crippen molar-refractivity contribution in [1.29, 1.82) is 0 Å². The Bertz CT molecular complexity index is 965. The highest BCUT2D eigenvalue weighted by Crippen LogP contribution is 2.24. The number of aromatic nitrogens is 2. The van der Waals surface area contributed by atoms with Crippen LogP contribution >= 0.6 is 0 Å². The lowest BCUT2D eigenvalue weighted by Gasteiger charge is -2.23. The number of aryl methyl sites for hydroxylation is 1. The molecule has 0 aliphatic heterocycles. The number of hydrogen-bond acceptors (Lipinski definition) is 5. The number of hydrogen-bond donors (Lipinski definition) is 1. The van der Waals surface area contributed by atoms with E-state index in [-0.39, 0.29) is 5.91 Å².